The molecule has 8 heteroatoms. The number of nitrogens with one attached hydrogen (secondary N) is 3. The molecule has 0 aliphatic carbocycles. The van der Waals surface area contributed by atoms with E-state index in [4.69, 9.17) is 0 Å². The molecule has 0 bridgehead atoms. The van der Waals surface area contributed by atoms with Crippen LogP contribution < -0.4 is 16.0 Å². The fourth-order valence-electron chi connectivity index (χ4n) is 3.75. The number of anilines is 1. The third-order valence-electron chi connectivity index (χ3n) is 5.44. The maximum atomic E-state index is 14.2. The summed E-state index contributed by atoms with van der Waals surface area (Å²) < 4.78 is 39.8. The molecule has 6 nitrogen and oxygen atoms in total. The van der Waals surface area contributed by atoms with E-state index in [1.165, 1.54) is 30.3 Å². The van der Waals surface area contributed by atoms with Crippen molar-refractivity contribution in [3.05, 3.63) is 94.8 Å². The standard InChI is InChI=1S/C24H24FN3O3S/c1-16(18-5-3-2-4-6-18)27-24(29)28-20-7-9-21(10-8-20)32(30,31)15-17-11-19-13-26-14-22(19)23(25)12-17/h2-12,16,26H,13-15H2,1H3,(H2,27,28,29)/t16-/m1/s1. The van der Waals surface area contributed by atoms with Gasteiger partial charge in [-0.2, -0.15) is 0 Å². The summed E-state index contributed by atoms with van der Waals surface area (Å²) >= 11 is 0. The Bertz CT molecular complexity index is 1230. The first-order valence-electron chi connectivity index (χ1n) is 10.3. The summed E-state index contributed by atoms with van der Waals surface area (Å²) in [4.78, 5) is 12.4. The average Bonchev–Trinajstić information content (AvgIpc) is 3.23. The lowest BCUT2D eigenvalue weighted by molar-refractivity contribution is 0.249. The van der Waals surface area contributed by atoms with Crippen LogP contribution in [0.25, 0.3) is 0 Å². The van der Waals surface area contributed by atoms with Crippen molar-refractivity contribution in [3.8, 4) is 0 Å². The molecule has 1 aliphatic heterocycles. The second kappa shape index (κ2) is 9.10. The molecule has 0 radical (unpaired) electrons. The predicted molar refractivity (Wildman–Crippen MR) is 121 cm³/mol. The second-order valence-electron chi connectivity index (χ2n) is 7.83. The molecule has 3 aromatic rings. The van der Waals surface area contributed by atoms with E-state index in [1.54, 1.807) is 6.07 Å². The van der Waals surface area contributed by atoms with Gasteiger partial charge < -0.3 is 16.0 Å². The second-order valence-corrected chi connectivity index (χ2v) is 9.82. The van der Waals surface area contributed by atoms with Gasteiger partial charge in [0.05, 0.1) is 16.7 Å². The summed E-state index contributed by atoms with van der Waals surface area (Å²) in [6.45, 7) is 2.87. The zero-order valence-electron chi connectivity index (χ0n) is 17.6. The van der Waals surface area contributed by atoms with Gasteiger partial charge in [0, 0.05) is 24.3 Å². The van der Waals surface area contributed by atoms with Crippen molar-refractivity contribution in [2.24, 2.45) is 0 Å². The molecule has 166 valence electrons. The maximum Gasteiger partial charge on any atom is 0.319 e. The lowest BCUT2D eigenvalue weighted by Gasteiger charge is -2.15. The Labute approximate surface area is 186 Å². The minimum atomic E-state index is -3.66. The van der Waals surface area contributed by atoms with E-state index in [2.05, 4.69) is 16.0 Å². The van der Waals surface area contributed by atoms with Crippen molar-refractivity contribution in [2.45, 2.75) is 36.7 Å². The molecule has 3 N–H and O–H groups in total. The van der Waals surface area contributed by atoms with Crippen LogP contribution in [0.5, 0.6) is 0 Å². The number of amides is 2. The van der Waals surface area contributed by atoms with E-state index in [1.807, 2.05) is 37.3 Å². The number of rotatable bonds is 6. The lowest BCUT2D eigenvalue weighted by Crippen LogP contribution is -2.31. The Balaban J connectivity index is 1.40. The van der Waals surface area contributed by atoms with E-state index in [0.717, 1.165) is 11.1 Å². The maximum absolute atomic E-state index is 14.2. The average molecular weight is 454 g/mol. The number of fused-ring (bicyclic) bond motifs is 1. The molecule has 1 atom stereocenters. The van der Waals surface area contributed by atoms with Gasteiger partial charge in [0.25, 0.3) is 0 Å². The normalized spacial score (nSPS) is 13.9. The van der Waals surface area contributed by atoms with Crippen molar-refractivity contribution in [1.82, 2.24) is 10.6 Å². The van der Waals surface area contributed by atoms with Gasteiger partial charge in [-0.05, 0) is 53.9 Å². The minimum Gasteiger partial charge on any atom is -0.331 e. The highest BCUT2D eigenvalue weighted by Gasteiger charge is 2.20. The Morgan fingerprint density at radius 3 is 2.50 bits per heavy atom. The summed E-state index contributed by atoms with van der Waals surface area (Å²) in [6.07, 6.45) is 0. The van der Waals surface area contributed by atoms with Gasteiger partial charge in [0.2, 0.25) is 0 Å². The minimum absolute atomic E-state index is 0.111. The molecule has 0 spiro atoms. The number of sulfone groups is 1. The molecular weight excluding hydrogens is 429 g/mol. The van der Waals surface area contributed by atoms with Crippen molar-refractivity contribution in [1.29, 1.82) is 0 Å². The van der Waals surface area contributed by atoms with Crippen molar-refractivity contribution in [2.75, 3.05) is 5.32 Å². The lowest BCUT2D eigenvalue weighted by atomic mass is 10.1. The van der Waals surface area contributed by atoms with Gasteiger partial charge in [-0.25, -0.2) is 17.6 Å². The Morgan fingerprint density at radius 1 is 1.06 bits per heavy atom. The fourth-order valence-corrected chi connectivity index (χ4v) is 5.08. The van der Waals surface area contributed by atoms with Gasteiger partial charge in [-0.3, -0.25) is 0 Å². The van der Waals surface area contributed by atoms with E-state index < -0.39 is 9.84 Å². The van der Waals surface area contributed by atoms with Crippen LogP contribution in [0.4, 0.5) is 14.9 Å². The fraction of sp³-hybridized carbons (Fsp3) is 0.208. The molecule has 0 unspecified atom stereocenters. The van der Waals surface area contributed by atoms with Crippen LogP contribution in [-0.4, -0.2) is 14.4 Å². The van der Waals surface area contributed by atoms with E-state index >= 15 is 0 Å². The molecule has 0 aromatic heterocycles. The van der Waals surface area contributed by atoms with E-state index in [0.29, 0.717) is 29.9 Å². The van der Waals surface area contributed by atoms with Crippen LogP contribution in [-0.2, 0) is 28.7 Å². The monoisotopic (exact) mass is 453 g/mol. The molecular formula is C24H24FN3O3S. The molecule has 32 heavy (non-hydrogen) atoms. The Kier molecular flexibility index (Phi) is 6.25. The topological polar surface area (TPSA) is 87.3 Å². The molecule has 3 aromatic carbocycles. The number of halogens is 1. The molecule has 2 amide bonds. The molecule has 0 saturated carbocycles. The predicted octanol–water partition coefficient (Wildman–Crippen LogP) is 4.29. The first-order valence-corrected chi connectivity index (χ1v) is 11.9. The highest BCUT2D eigenvalue weighted by Crippen LogP contribution is 2.25. The quantitative estimate of drug-likeness (QED) is 0.520. The summed E-state index contributed by atoms with van der Waals surface area (Å²) in [7, 11) is -3.66. The zero-order valence-corrected chi connectivity index (χ0v) is 18.4. The van der Waals surface area contributed by atoms with Gasteiger partial charge >= 0.3 is 6.03 Å². The molecule has 4 rings (SSSR count). The van der Waals surface area contributed by atoms with Gasteiger partial charge in [-0.1, -0.05) is 36.4 Å². The van der Waals surface area contributed by atoms with Crippen LogP contribution in [0.3, 0.4) is 0 Å². The Hall–Kier alpha value is -3.23. The highest BCUT2D eigenvalue weighted by atomic mass is 32.2. The number of urea groups is 1. The SMILES string of the molecule is C[C@@H](NC(=O)Nc1ccc(S(=O)(=O)Cc2cc(F)c3c(c2)CNC3)cc1)c1ccccc1. The molecule has 1 heterocycles. The van der Waals surface area contributed by atoms with Crippen LogP contribution in [0.2, 0.25) is 0 Å². The van der Waals surface area contributed by atoms with Crippen molar-refractivity contribution < 1.29 is 17.6 Å². The summed E-state index contributed by atoms with van der Waals surface area (Å²) in [5.74, 6) is -0.674. The summed E-state index contributed by atoms with van der Waals surface area (Å²) in [5.41, 5.74) is 3.26. The number of carbonyl (C=O) groups excluding carboxylic acids is 1. The Morgan fingerprint density at radius 2 is 1.78 bits per heavy atom. The molecule has 0 saturated heterocycles. The third-order valence-corrected chi connectivity index (χ3v) is 7.14. The van der Waals surface area contributed by atoms with Crippen molar-refractivity contribution in [3.63, 3.8) is 0 Å². The highest BCUT2D eigenvalue weighted by molar-refractivity contribution is 7.90. The van der Waals surface area contributed by atoms with Gasteiger partial charge in [0.1, 0.15) is 5.82 Å². The van der Waals surface area contributed by atoms with E-state index in [9.17, 15) is 17.6 Å². The largest absolute Gasteiger partial charge is 0.331 e. The molecule has 1 aliphatic rings. The van der Waals surface area contributed by atoms with Crippen LogP contribution >= 0.6 is 0 Å². The number of hydrogen-bond donors (Lipinski definition) is 3. The number of benzene rings is 3. The van der Waals surface area contributed by atoms with Crippen LogP contribution in [0.15, 0.2) is 71.6 Å². The zero-order chi connectivity index (χ0) is 22.7. The first kappa shape index (κ1) is 22.0. The summed E-state index contributed by atoms with van der Waals surface area (Å²) in [6, 6.07) is 18.0. The van der Waals surface area contributed by atoms with Gasteiger partial charge in [0.15, 0.2) is 9.84 Å². The first-order chi connectivity index (χ1) is 15.3. The smallest absolute Gasteiger partial charge is 0.319 e. The van der Waals surface area contributed by atoms with Gasteiger partial charge in [-0.15, -0.1) is 0 Å². The van der Waals surface area contributed by atoms with Crippen molar-refractivity contribution >= 4 is 21.6 Å². The molecule has 0 fully saturated rings. The summed E-state index contributed by atoms with van der Waals surface area (Å²) in [5, 5.41) is 8.61. The number of carbonyl (C=O) groups is 1. The van der Waals surface area contributed by atoms with Crippen LogP contribution in [0, 0.1) is 5.82 Å². The van der Waals surface area contributed by atoms with E-state index in [-0.39, 0.29) is 28.5 Å². The third kappa shape index (κ3) is 4.98. The van der Waals surface area contributed by atoms with Crippen LogP contribution in [0.1, 0.15) is 35.2 Å². The number of hydrogen-bond acceptors (Lipinski definition) is 4.